The van der Waals surface area contributed by atoms with Crippen LogP contribution >= 0.6 is 0 Å². The Morgan fingerprint density at radius 2 is 1.96 bits per heavy atom. The minimum atomic E-state index is -0.553. The summed E-state index contributed by atoms with van der Waals surface area (Å²) in [6.07, 6.45) is 6.59. The number of benzene rings is 1. The molecule has 1 saturated carbocycles. The smallest absolute Gasteiger partial charge is 0.360 e. The van der Waals surface area contributed by atoms with Gasteiger partial charge < -0.3 is 19.4 Å². The molecule has 2 amide bonds. The summed E-state index contributed by atoms with van der Waals surface area (Å²) < 4.78 is 10.0. The Morgan fingerprint density at radius 3 is 2.67 bits per heavy atom. The molecule has 1 aliphatic carbocycles. The van der Waals surface area contributed by atoms with E-state index < -0.39 is 5.97 Å². The Hall–Kier alpha value is -2.83. The van der Waals surface area contributed by atoms with Crippen molar-refractivity contribution >= 4 is 12.0 Å². The molecule has 27 heavy (non-hydrogen) atoms. The summed E-state index contributed by atoms with van der Waals surface area (Å²) in [6.45, 7) is 0.685. The van der Waals surface area contributed by atoms with Crippen LogP contribution in [-0.2, 0) is 17.8 Å². The van der Waals surface area contributed by atoms with E-state index >= 15 is 0 Å². The maximum absolute atomic E-state index is 12.9. The number of nitrogens with zero attached hydrogens (tertiary/aromatic N) is 2. The summed E-state index contributed by atoms with van der Waals surface area (Å²) in [4.78, 5) is 30.4. The molecule has 1 aromatic carbocycles. The number of esters is 1. The van der Waals surface area contributed by atoms with Gasteiger partial charge in [-0.05, 0) is 18.4 Å². The van der Waals surface area contributed by atoms with Gasteiger partial charge in [-0.25, -0.2) is 14.6 Å². The van der Waals surface area contributed by atoms with Gasteiger partial charge in [0.15, 0.2) is 5.69 Å². The lowest BCUT2D eigenvalue weighted by Gasteiger charge is -2.33. The molecule has 0 unspecified atom stereocenters. The molecule has 1 heterocycles. The number of nitrogens with one attached hydrogen (secondary N) is 1. The van der Waals surface area contributed by atoms with Gasteiger partial charge in [-0.2, -0.15) is 0 Å². The molecule has 3 rings (SSSR count). The molecule has 7 nitrogen and oxygen atoms in total. The number of urea groups is 1. The molecule has 0 spiro atoms. The van der Waals surface area contributed by atoms with E-state index in [1.54, 1.807) is 4.90 Å². The summed E-state index contributed by atoms with van der Waals surface area (Å²) in [6, 6.07) is 9.78. The van der Waals surface area contributed by atoms with E-state index in [0.717, 1.165) is 31.2 Å². The standard InChI is InChI=1S/C20H25N3O4/c1-26-19(24)17-14-27-18(22-17)13-23(16-10-6-3-7-11-16)20(25)21-12-15-8-4-2-5-9-15/h2,4-5,8-9,14,16H,3,6-7,10-13H2,1H3,(H,21,25). The van der Waals surface area contributed by atoms with Crippen molar-refractivity contribution in [2.24, 2.45) is 0 Å². The van der Waals surface area contributed by atoms with Crippen LogP contribution in [0.3, 0.4) is 0 Å². The van der Waals surface area contributed by atoms with E-state index in [9.17, 15) is 9.59 Å². The summed E-state index contributed by atoms with van der Waals surface area (Å²) >= 11 is 0. The first-order valence-corrected chi connectivity index (χ1v) is 9.28. The number of hydrogen-bond acceptors (Lipinski definition) is 5. The van der Waals surface area contributed by atoms with Crippen molar-refractivity contribution in [3.63, 3.8) is 0 Å². The van der Waals surface area contributed by atoms with Crippen LogP contribution in [0, 0.1) is 0 Å². The van der Waals surface area contributed by atoms with E-state index in [0.29, 0.717) is 12.4 Å². The van der Waals surface area contributed by atoms with Crippen LogP contribution in [0.5, 0.6) is 0 Å². The van der Waals surface area contributed by atoms with E-state index in [-0.39, 0.29) is 24.3 Å². The third-order valence-electron chi connectivity index (χ3n) is 4.81. The molecule has 144 valence electrons. The minimum absolute atomic E-state index is 0.112. The van der Waals surface area contributed by atoms with Crippen molar-refractivity contribution in [3.05, 3.63) is 53.7 Å². The third kappa shape index (κ3) is 5.09. The molecule has 0 radical (unpaired) electrons. The number of hydrogen-bond donors (Lipinski definition) is 1. The predicted molar refractivity (Wildman–Crippen MR) is 98.9 cm³/mol. The fourth-order valence-electron chi connectivity index (χ4n) is 3.36. The average Bonchev–Trinajstić information content (AvgIpc) is 3.20. The number of aromatic nitrogens is 1. The number of methoxy groups -OCH3 is 1. The van der Waals surface area contributed by atoms with Gasteiger partial charge in [0.25, 0.3) is 0 Å². The van der Waals surface area contributed by atoms with Crippen LogP contribution in [0.1, 0.15) is 54.0 Å². The van der Waals surface area contributed by atoms with Crippen LogP contribution in [0.15, 0.2) is 41.0 Å². The highest BCUT2D eigenvalue weighted by Crippen LogP contribution is 2.24. The van der Waals surface area contributed by atoms with Crippen molar-refractivity contribution < 1.29 is 18.7 Å². The van der Waals surface area contributed by atoms with Crippen molar-refractivity contribution in [1.29, 1.82) is 0 Å². The third-order valence-corrected chi connectivity index (χ3v) is 4.81. The highest BCUT2D eigenvalue weighted by Gasteiger charge is 2.27. The lowest BCUT2D eigenvalue weighted by molar-refractivity contribution is 0.0594. The van der Waals surface area contributed by atoms with Crippen LogP contribution < -0.4 is 5.32 Å². The van der Waals surface area contributed by atoms with Crippen LogP contribution in [0.4, 0.5) is 4.79 Å². The molecule has 0 saturated heterocycles. The molecule has 1 N–H and O–H groups in total. The highest BCUT2D eigenvalue weighted by molar-refractivity contribution is 5.86. The molecule has 1 fully saturated rings. The summed E-state index contributed by atoms with van der Waals surface area (Å²) in [5.74, 6) is -0.224. The highest BCUT2D eigenvalue weighted by atomic mass is 16.5. The Morgan fingerprint density at radius 1 is 1.22 bits per heavy atom. The van der Waals surface area contributed by atoms with Gasteiger partial charge in [-0.1, -0.05) is 49.6 Å². The van der Waals surface area contributed by atoms with Crippen molar-refractivity contribution in [2.75, 3.05) is 7.11 Å². The molecule has 0 bridgehead atoms. The zero-order valence-electron chi connectivity index (χ0n) is 15.5. The first-order valence-electron chi connectivity index (χ1n) is 9.28. The number of carbonyl (C=O) groups is 2. The Bertz CT molecular complexity index is 754. The SMILES string of the molecule is COC(=O)c1coc(CN(C(=O)NCc2ccccc2)C2CCCCC2)n1. The van der Waals surface area contributed by atoms with E-state index in [2.05, 4.69) is 15.0 Å². The van der Waals surface area contributed by atoms with Gasteiger partial charge in [0.1, 0.15) is 6.26 Å². The second kappa shape index (κ2) is 9.21. The van der Waals surface area contributed by atoms with Crippen LogP contribution in [0.2, 0.25) is 0 Å². The van der Waals surface area contributed by atoms with Gasteiger partial charge in [-0.3, -0.25) is 0 Å². The van der Waals surface area contributed by atoms with Gasteiger partial charge in [0, 0.05) is 12.6 Å². The predicted octanol–water partition coefficient (Wildman–Crippen LogP) is 3.51. The molecule has 1 aromatic heterocycles. The summed E-state index contributed by atoms with van der Waals surface area (Å²) in [5.41, 5.74) is 1.15. The fraction of sp³-hybridized carbons (Fsp3) is 0.450. The second-order valence-electron chi connectivity index (χ2n) is 6.68. The maximum atomic E-state index is 12.9. The number of ether oxygens (including phenoxy) is 1. The summed E-state index contributed by atoms with van der Waals surface area (Å²) in [7, 11) is 1.29. The van der Waals surface area contributed by atoms with Crippen molar-refractivity contribution in [1.82, 2.24) is 15.2 Å². The van der Waals surface area contributed by atoms with E-state index in [4.69, 9.17) is 4.42 Å². The number of amides is 2. The first-order chi connectivity index (χ1) is 13.2. The van der Waals surface area contributed by atoms with E-state index in [1.807, 2.05) is 30.3 Å². The first kappa shape index (κ1) is 18.9. The fourth-order valence-corrected chi connectivity index (χ4v) is 3.36. The monoisotopic (exact) mass is 371 g/mol. The van der Waals surface area contributed by atoms with Crippen molar-refractivity contribution in [3.8, 4) is 0 Å². The zero-order chi connectivity index (χ0) is 19.1. The molecule has 7 heteroatoms. The van der Waals surface area contributed by atoms with Crippen molar-refractivity contribution in [2.45, 2.75) is 51.2 Å². The Kier molecular flexibility index (Phi) is 6.46. The summed E-state index contributed by atoms with van der Waals surface area (Å²) in [5, 5.41) is 2.98. The van der Waals surface area contributed by atoms with Crippen LogP contribution in [0.25, 0.3) is 0 Å². The number of oxazole rings is 1. The topological polar surface area (TPSA) is 84.7 Å². The Labute approximate surface area is 158 Å². The number of carbonyl (C=O) groups excluding carboxylic acids is 2. The second-order valence-corrected chi connectivity index (χ2v) is 6.68. The lowest BCUT2D eigenvalue weighted by Crippen LogP contribution is -2.46. The molecule has 0 atom stereocenters. The minimum Gasteiger partial charge on any atom is -0.464 e. The molecular formula is C20H25N3O4. The van der Waals surface area contributed by atoms with E-state index in [1.165, 1.54) is 19.8 Å². The van der Waals surface area contributed by atoms with Gasteiger partial charge >= 0.3 is 12.0 Å². The van der Waals surface area contributed by atoms with Gasteiger partial charge in [0.05, 0.1) is 13.7 Å². The number of rotatable bonds is 6. The van der Waals surface area contributed by atoms with Gasteiger partial charge in [-0.15, -0.1) is 0 Å². The molecule has 0 aliphatic heterocycles. The zero-order valence-corrected chi connectivity index (χ0v) is 15.5. The molecular weight excluding hydrogens is 346 g/mol. The van der Waals surface area contributed by atoms with Gasteiger partial charge in [0.2, 0.25) is 5.89 Å². The van der Waals surface area contributed by atoms with Crippen LogP contribution in [-0.4, -0.2) is 35.0 Å². The normalized spacial score (nSPS) is 14.6. The Balaban J connectivity index is 1.69. The quantitative estimate of drug-likeness (QED) is 0.786. The maximum Gasteiger partial charge on any atom is 0.360 e. The lowest BCUT2D eigenvalue weighted by atomic mass is 9.94. The molecule has 1 aliphatic rings. The largest absolute Gasteiger partial charge is 0.464 e. The molecule has 2 aromatic rings. The average molecular weight is 371 g/mol.